The maximum atomic E-state index is 12.9. The first-order chi connectivity index (χ1) is 15.5. The van der Waals surface area contributed by atoms with Gasteiger partial charge in [0.2, 0.25) is 0 Å². The monoisotopic (exact) mass is 490 g/mol. The number of nitrogens with zero attached hydrogens (tertiary/aromatic N) is 2. The van der Waals surface area contributed by atoms with Crippen LogP contribution in [-0.4, -0.2) is 37.5 Å². The van der Waals surface area contributed by atoms with Crippen molar-refractivity contribution in [3.05, 3.63) is 52.0 Å². The van der Waals surface area contributed by atoms with Crippen molar-refractivity contribution in [3.63, 3.8) is 0 Å². The summed E-state index contributed by atoms with van der Waals surface area (Å²) in [6, 6.07) is 8.78. The van der Waals surface area contributed by atoms with Crippen LogP contribution in [0, 0.1) is 20.8 Å². The van der Waals surface area contributed by atoms with Crippen LogP contribution in [0.1, 0.15) is 47.1 Å². The quantitative estimate of drug-likeness (QED) is 0.308. The van der Waals surface area contributed by atoms with E-state index in [-0.39, 0.29) is 17.2 Å². The Labute approximate surface area is 198 Å². The van der Waals surface area contributed by atoms with Gasteiger partial charge >= 0.3 is 0 Å². The van der Waals surface area contributed by atoms with Crippen molar-refractivity contribution >= 4 is 37.4 Å². The second kappa shape index (κ2) is 10.2. The molecular weight excluding hydrogens is 460 g/mol. The summed E-state index contributed by atoms with van der Waals surface area (Å²) in [5.41, 5.74) is 14.8. The van der Waals surface area contributed by atoms with Gasteiger partial charge in [-0.2, -0.15) is 8.42 Å². The molecule has 0 fully saturated rings. The fourth-order valence-electron chi connectivity index (χ4n) is 3.75. The van der Waals surface area contributed by atoms with E-state index in [0.717, 1.165) is 15.8 Å². The van der Waals surface area contributed by atoms with Gasteiger partial charge in [0, 0.05) is 12.5 Å². The average molecular weight is 491 g/mol. The van der Waals surface area contributed by atoms with E-state index in [0.29, 0.717) is 34.7 Å². The lowest BCUT2D eigenvalue weighted by Gasteiger charge is -2.16. The van der Waals surface area contributed by atoms with Crippen molar-refractivity contribution < 1.29 is 18.3 Å². The van der Waals surface area contributed by atoms with Crippen LogP contribution in [0.3, 0.4) is 0 Å². The maximum Gasteiger partial charge on any atom is 0.284 e. The number of thiazole rings is 1. The molecule has 3 aromatic rings. The lowest BCUT2D eigenvalue weighted by molar-refractivity contribution is 0.141. The Morgan fingerprint density at radius 3 is 2.61 bits per heavy atom. The Bertz CT molecular complexity index is 1250. The number of para-hydroxylation sites is 1. The maximum absolute atomic E-state index is 12.9. The van der Waals surface area contributed by atoms with Crippen molar-refractivity contribution in [2.45, 2.75) is 57.1 Å². The third-order valence-electron chi connectivity index (χ3n) is 5.63. The Kier molecular flexibility index (Phi) is 7.73. The third kappa shape index (κ3) is 5.52. The molecule has 1 aromatic heterocycles. The highest BCUT2D eigenvalue weighted by atomic mass is 32.2. The number of rotatable bonds is 9. The number of sulfonamides is 1. The number of aromatic nitrogens is 1. The van der Waals surface area contributed by atoms with Crippen molar-refractivity contribution in [3.8, 4) is 5.75 Å². The second-order valence-electron chi connectivity index (χ2n) is 8.05. The van der Waals surface area contributed by atoms with Gasteiger partial charge in [-0.05, 0) is 68.5 Å². The Morgan fingerprint density at radius 2 is 1.94 bits per heavy atom. The van der Waals surface area contributed by atoms with Crippen molar-refractivity contribution in [2.24, 2.45) is 15.9 Å². The van der Waals surface area contributed by atoms with Gasteiger partial charge in [0.05, 0.1) is 22.2 Å². The summed E-state index contributed by atoms with van der Waals surface area (Å²) in [6.45, 7) is 5.24. The highest BCUT2D eigenvalue weighted by molar-refractivity contribution is 7.90. The highest BCUT2D eigenvalue weighted by Gasteiger charge is 2.23. The number of benzene rings is 2. The lowest BCUT2D eigenvalue weighted by atomic mass is 10.1. The summed E-state index contributed by atoms with van der Waals surface area (Å²) in [5, 5.41) is 11.1. The molecule has 3 rings (SSSR count). The second-order valence-corrected chi connectivity index (χ2v) is 10.7. The van der Waals surface area contributed by atoms with E-state index in [2.05, 4.69) is 9.38 Å². The summed E-state index contributed by atoms with van der Waals surface area (Å²) < 4.78 is 36.0. The highest BCUT2D eigenvalue weighted by Crippen LogP contribution is 2.32. The standard InChI is InChI=1S/C23H30N4O4S2/c1-13-12-18(31-4)14(2)15(3)22(13)33(29,30)27-20(25)11-7-8-16(24)21(28)23-26-17-9-5-6-10-19(17)32-23/h5-6,9-10,12,16,21,28H,7-8,11,24H2,1-4H3,(H2,25,27). The molecule has 2 unspecified atom stereocenters. The molecule has 0 radical (unpaired) electrons. The molecular formula is C23H30N4O4S2. The fraction of sp³-hybridized carbons (Fsp3) is 0.391. The molecule has 0 aliphatic carbocycles. The summed E-state index contributed by atoms with van der Waals surface area (Å²) in [7, 11) is -2.43. The Morgan fingerprint density at radius 1 is 1.24 bits per heavy atom. The molecule has 2 aromatic carbocycles. The summed E-state index contributed by atoms with van der Waals surface area (Å²) >= 11 is 1.41. The van der Waals surface area contributed by atoms with Crippen molar-refractivity contribution in [2.75, 3.05) is 7.11 Å². The normalized spacial score (nSPS) is 14.4. The molecule has 0 saturated carbocycles. The number of aryl methyl sites for hydroxylation is 1. The number of aliphatic hydroxyl groups is 1. The number of aliphatic hydroxyl groups excluding tert-OH is 1. The molecule has 0 aliphatic rings. The molecule has 10 heteroatoms. The van der Waals surface area contributed by atoms with Crippen molar-refractivity contribution in [1.82, 2.24) is 4.98 Å². The van der Waals surface area contributed by atoms with E-state index in [9.17, 15) is 13.5 Å². The predicted octanol–water partition coefficient (Wildman–Crippen LogP) is 3.51. The van der Waals surface area contributed by atoms with Crippen LogP contribution >= 0.6 is 11.3 Å². The summed E-state index contributed by atoms with van der Waals surface area (Å²) in [4.78, 5) is 4.59. The smallest absolute Gasteiger partial charge is 0.284 e. The minimum Gasteiger partial charge on any atom is -0.496 e. The number of amidine groups is 1. The van der Waals surface area contributed by atoms with Crippen LogP contribution in [0.15, 0.2) is 39.6 Å². The van der Waals surface area contributed by atoms with E-state index in [1.165, 1.54) is 11.3 Å². The predicted molar refractivity (Wildman–Crippen MR) is 132 cm³/mol. The fourth-order valence-corrected chi connectivity index (χ4v) is 6.28. The van der Waals surface area contributed by atoms with Crippen molar-refractivity contribution in [1.29, 1.82) is 0 Å². The van der Waals surface area contributed by atoms with Gasteiger partial charge in [-0.15, -0.1) is 15.7 Å². The molecule has 0 amide bonds. The SMILES string of the molecule is COc1cc(C)c(S(=O)(=O)/N=C(\N)CCCC(N)C(O)c2nc3ccccc3s2)c(C)c1C. The molecule has 0 aliphatic heterocycles. The molecule has 0 bridgehead atoms. The van der Waals surface area contributed by atoms with Crippen LogP contribution < -0.4 is 16.2 Å². The van der Waals surface area contributed by atoms with Gasteiger partial charge in [0.25, 0.3) is 10.0 Å². The summed E-state index contributed by atoms with van der Waals surface area (Å²) in [5.74, 6) is 0.630. The minimum absolute atomic E-state index is 0.00366. The van der Waals surface area contributed by atoms with E-state index in [4.69, 9.17) is 16.2 Å². The molecule has 5 N–H and O–H groups in total. The first-order valence-electron chi connectivity index (χ1n) is 10.6. The number of hydrogen-bond donors (Lipinski definition) is 3. The van der Waals surface area contributed by atoms with Gasteiger partial charge in [-0.1, -0.05) is 12.1 Å². The topological polar surface area (TPSA) is 141 Å². The molecule has 33 heavy (non-hydrogen) atoms. The zero-order valence-corrected chi connectivity index (χ0v) is 20.8. The lowest BCUT2D eigenvalue weighted by Crippen LogP contribution is -2.28. The molecule has 0 spiro atoms. The third-order valence-corrected chi connectivity index (χ3v) is 8.36. The number of nitrogens with two attached hydrogens (primary N) is 2. The van der Waals surface area contributed by atoms with Gasteiger partial charge in [-0.3, -0.25) is 0 Å². The zero-order chi connectivity index (χ0) is 24.3. The average Bonchev–Trinajstić information content (AvgIpc) is 3.19. The molecule has 8 nitrogen and oxygen atoms in total. The molecule has 1 heterocycles. The first kappa shape index (κ1) is 25.1. The molecule has 0 saturated heterocycles. The van der Waals surface area contributed by atoms with Crippen LogP contribution in [-0.2, 0) is 10.0 Å². The Balaban J connectivity index is 1.66. The number of methoxy groups -OCH3 is 1. The molecule has 178 valence electrons. The van der Waals surface area contributed by atoms with Crippen LogP contribution in [0.4, 0.5) is 0 Å². The number of fused-ring (bicyclic) bond motifs is 1. The van der Waals surface area contributed by atoms with Crippen LogP contribution in [0.2, 0.25) is 0 Å². The van der Waals surface area contributed by atoms with Gasteiger partial charge < -0.3 is 21.3 Å². The van der Waals surface area contributed by atoms with E-state index >= 15 is 0 Å². The van der Waals surface area contributed by atoms with Gasteiger partial charge in [0.1, 0.15) is 22.7 Å². The summed E-state index contributed by atoms with van der Waals surface area (Å²) in [6.07, 6.45) is 0.254. The van der Waals surface area contributed by atoms with Crippen LogP contribution in [0.5, 0.6) is 5.75 Å². The van der Waals surface area contributed by atoms with E-state index in [1.54, 1.807) is 33.9 Å². The largest absolute Gasteiger partial charge is 0.496 e. The van der Waals surface area contributed by atoms with Gasteiger partial charge in [-0.25, -0.2) is 4.98 Å². The van der Waals surface area contributed by atoms with Gasteiger partial charge in [0.15, 0.2) is 0 Å². The molecule has 2 atom stereocenters. The zero-order valence-electron chi connectivity index (χ0n) is 19.2. The number of hydrogen-bond acceptors (Lipinski definition) is 7. The first-order valence-corrected chi connectivity index (χ1v) is 12.8. The Hall–Kier alpha value is -2.53. The van der Waals surface area contributed by atoms with Crippen LogP contribution in [0.25, 0.3) is 10.2 Å². The van der Waals surface area contributed by atoms with E-state index < -0.39 is 22.2 Å². The van der Waals surface area contributed by atoms with E-state index in [1.807, 2.05) is 24.3 Å². The number of ether oxygens (including phenoxy) is 1. The minimum atomic E-state index is -3.97.